The van der Waals surface area contributed by atoms with E-state index in [9.17, 15) is 19.5 Å². The van der Waals surface area contributed by atoms with Gasteiger partial charge in [0, 0.05) is 23.4 Å². The molecule has 1 aromatic carbocycles. The number of benzene rings is 1. The maximum Gasteiger partial charge on any atom is 0.352 e. The highest BCUT2D eigenvalue weighted by Crippen LogP contribution is 2.41. The standard InChI is InChI=1S/C19H18N4O4S3/c20-12-4-2-1-3-10(12)7-13(24)22-15-17(25)23-16(19(26)27)11(9-29-18(15)23)8-28-14-5-6-21-30-14/h1-6,15,18H,7-9,20H2,(H,22,24)(H,26,27)/t15?,18-/m1/s1. The van der Waals surface area contributed by atoms with Crippen molar-refractivity contribution in [3.8, 4) is 0 Å². The summed E-state index contributed by atoms with van der Waals surface area (Å²) < 4.78 is 5.02. The Morgan fingerprint density at radius 3 is 2.83 bits per heavy atom. The molecule has 0 spiro atoms. The number of fused-ring (bicyclic) bond motifs is 1. The number of hydrogen-bond acceptors (Lipinski definition) is 8. The van der Waals surface area contributed by atoms with E-state index in [-0.39, 0.29) is 18.0 Å². The fourth-order valence-electron chi connectivity index (χ4n) is 3.32. The lowest BCUT2D eigenvalue weighted by Crippen LogP contribution is -2.70. The highest BCUT2D eigenvalue weighted by molar-refractivity contribution is 8.01. The molecule has 1 saturated heterocycles. The SMILES string of the molecule is Nc1ccccc1CC(=O)NC1C(=O)N2C(C(=O)O)=C(CSc3ccns3)CS[C@H]12. The average Bonchev–Trinajstić information content (AvgIpc) is 3.25. The Morgan fingerprint density at radius 2 is 2.13 bits per heavy atom. The monoisotopic (exact) mass is 462 g/mol. The first kappa shape index (κ1) is 20.8. The molecule has 2 aliphatic rings. The van der Waals surface area contributed by atoms with Crippen LogP contribution in [0, 0.1) is 0 Å². The molecule has 2 aromatic rings. The van der Waals surface area contributed by atoms with E-state index >= 15 is 0 Å². The molecule has 0 aliphatic carbocycles. The molecule has 8 nitrogen and oxygen atoms in total. The van der Waals surface area contributed by atoms with Gasteiger partial charge < -0.3 is 16.2 Å². The number of rotatable bonds is 7. The number of carboxylic acids is 1. The van der Waals surface area contributed by atoms with E-state index in [1.807, 2.05) is 6.07 Å². The molecule has 1 fully saturated rings. The Kier molecular flexibility index (Phi) is 6.02. The summed E-state index contributed by atoms with van der Waals surface area (Å²) in [5.41, 5.74) is 7.79. The van der Waals surface area contributed by atoms with Crippen molar-refractivity contribution >= 4 is 58.5 Å². The van der Waals surface area contributed by atoms with Crippen molar-refractivity contribution in [2.24, 2.45) is 0 Å². The highest BCUT2D eigenvalue weighted by Gasteiger charge is 2.54. The van der Waals surface area contributed by atoms with Gasteiger partial charge in [0.2, 0.25) is 5.91 Å². The largest absolute Gasteiger partial charge is 0.477 e. The molecule has 156 valence electrons. The van der Waals surface area contributed by atoms with Crippen molar-refractivity contribution in [1.29, 1.82) is 0 Å². The number of carbonyl (C=O) groups excluding carboxylic acids is 2. The fraction of sp³-hybridized carbons (Fsp3) is 0.263. The van der Waals surface area contributed by atoms with Crippen molar-refractivity contribution in [2.75, 3.05) is 17.2 Å². The summed E-state index contributed by atoms with van der Waals surface area (Å²) in [6.45, 7) is 0. The van der Waals surface area contributed by atoms with Gasteiger partial charge in [-0.3, -0.25) is 14.5 Å². The Bertz CT molecular complexity index is 1020. The summed E-state index contributed by atoms with van der Waals surface area (Å²) in [5.74, 6) is -0.897. The molecule has 0 bridgehead atoms. The number of aliphatic carboxylic acids is 1. The van der Waals surface area contributed by atoms with Gasteiger partial charge in [-0.15, -0.1) is 23.5 Å². The second kappa shape index (κ2) is 8.70. The lowest BCUT2D eigenvalue weighted by atomic mass is 10.0. The number of amides is 2. The van der Waals surface area contributed by atoms with Gasteiger partial charge >= 0.3 is 5.97 Å². The van der Waals surface area contributed by atoms with Crippen LogP contribution in [0.3, 0.4) is 0 Å². The van der Waals surface area contributed by atoms with E-state index in [1.54, 1.807) is 30.5 Å². The summed E-state index contributed by atoms with van der Waals surface area (Å²) >= 11 is 4.31. The third kappa shape index (κ3) is 4.05. The number of carbonyl (C=O) groups is 3. The Hall–Kier alpha value is -2.50. The summed E-state index contributed by atoms with van der Waals surface area (Å²) in [7, 11) is 0. The Balaban J connectivity index is 1.44. The van der Waals surface area contributed by atoms with E-state index in [4.69, 9.17) is 5.73 Å². The fourth-order valence-corrected chi connectivity index (χ4v) is 6.38. The third-order valence-electron chi connectivity index (χ3n) is 4.78. The van der Waals surface area contributed by atoms with Gasteiger partial charge in [-0.05, 0) is 34.8 Å². The average molecular weight is 463 g/mol. The number of carboxylic acid groups (broad SMARTS) is 1. The molecule has 2 aliphatic heterocycles. The van der Waals surface area contributed by atoms with Gasteiger partial charge in [0.05, 0.1) is 10.6 Å². The van der Waals surface area contributed by atoms with Crippen molar-refractivity contribution < 1.29 is 19.5 Å². The number of hydrogen-bond donors (Lipinski definition) is 3. The van der Waals surface area contributed by atoms with Crippen molar-refractivity contribution in [3.63, 3.8) is 0 Å². The quantitative estimate of drug-likeness (QED) is 0.323. The lowest BCUT2D eigenvalue weighted by molar-refractivity contribution is -0.150. The maximum absolute atomic E-state index is 12.7. The minimum Gasteiger partial charge on any atom is -0.477 e. The number of para-hydroxylation sites is 1. The summed E-state index contributed by atoms with van der Waals surface area (Å²) in [4.78, 5) is 38.3. The number of aromatic nitrogens is 1. The zero-order chi connectivity index (χ0) is 21.3. The van der Waals surface area contributed by atoms with Gasteiger partial charge in [-0.25, -0.2) is 9.17 Å². The number of nitrogens with one attached hydrogen (secondary N) is 1. The molecule has 3 heterocycles. The third-order valence-corrected chi connectivity index (χ3v) is 8.15. The molecular formula is C19H18N4O4S3. The second-order valence-corrected chi connectivity index (χ2v) is 9.92. The van der Waals surface area contributed by atoms with Gasteiger partial charge in [0.15, 0.2) is 0 Å². The first-order valence-electron chi connectivity index (χ1n) is 9.02. The zero-order valence-electron chi connectivity index (χ0n) is 15.6. The second-order valence-electron chi connectivity index (χ2n) is 6.71. The highest BCUT2D eigenvalue weighted by atomic mass is 32.2. The van der Waals surface area contributed by atoms with Crippen molar-refractivity contribution in [2.45, 2.75) is 22.0 Å². The number of thioether (sulfide) groups is 2. The van der Waals surface area contributed by atoms with E-state index in [1.165, 1.54) is 40.0 Å². The minimum absolute atomic E-state index is 0.0265. The lowest BCUT2D eigenvalue weighted by Gasteiger charge is -2.49. The molecular weight excluding hydrogens is 444 g/mol. The molecule has 2 amide bonds. The number of anilines is 1. The normalized spacial score (nSPS) is 20.5. The van der Waals surface area contributed by atoms with Crippen LogP contribution in [0.25, 0.3) is 0 Å². The maximum atomic E-state index is 12.7. The number of nitrogens with two attached hydrogens (primary N) is 1. The van der Waals surface area contributed by atoms with E-state index < -0.39 is 23.3 Å². The first-order chi connectivity index (χ1) is 14.5. The molecule has 4 N–H and O–H groups in total. The number of nitrogens with zero attached hydrogens (tertiary/aromatic N) is 2. The molecule has 0 radical (unpaired) electrons. The van der Waals surface area contributed by atoms with Gasteiger partial charge in [0.25, 0.3) is 5.91 Å². The van der Waals surface area contributed by atoms with Crippen LogP contribution in [0.4, 0.5) is 5.69 Å². The molecule has 11 heteroatoms. The van der Waals surface area contributed by atoms with Gasteiger partial charge in [-0.2, -0.15) is 0 Å². The number of β-lactam (4-membered cyclic amide) rings is 1. The Morgan fingerprint density at radius 1 is 1.33 bits per heavy atom. The smallest absolute Gasteiger partial charge is 0.352 e. The molecule has 0 saturated carbocycles. The molecule has 1 aromatic heterocycles. The molecule has 2 atom stereocenters. The van der Waals surface area contributed by atoms with Crippen LogP contribution in [-0.2, 0) is 20.8 Å². The van der Waals surface area contributed by atoms with E-state index in [2.05, 4.69) is 9.69 Å². The summed E-state index contributed by atoms with van der Waals surface area (Å²) in [6, 6.07) is 8.19. The van der Waals surface area contributed by atoms with Gasteiger partial charge in [-0.1, -0.05) is 18.2 Å². The van der Waals surface area contributed by atoms with Crippen molar-refractivity contribution in [3.05, 3.63) is 53.4 Å². The van der Waals surface area contributed by atoms with Crippen LogP contribution in [0.15, 0.2) is 52.0 Å². The van der Waals surface area contributed by atoms with Gasteiger partial charge in [0.1, 0.15) is 17.1 Å². The van der Waals surface area contributed by atoms with E-state index in [0.717, 1.165) is 4.21 Å². The number of nitrogen functional groups attached to an aromatic ring is 1. The molecule has 30 heavy (non-hydrogen) atoms. The Labute approximate surface area is 185 Å². The predicted molar refractivity (Wildman–Crippen MR) is 117 cm³/mol. The minimum atomic E-state index is -1.13. The van der Waals surface area contributed by atoms with Crippen molar-refractivity contribution in [1.82, 2.24) is 14.6 Å². The summed E-state index contributed by atoms with van der Waals surface area (Å²) in [6.07, 6.45) is 1.76. The summed E-state index contributed by atoms with van der Waals surface area (Å²) in [5, 5.41) is 12.0. The van der Waals surface area contributed by atoms with Crippen LogP contribution in [0.2, 0.25) is 0 Å². The topological polar surface area (TPSA) is 126 Å². The van der Waals surface area contributed by atoms with Crippen LogP contribution in [0.5, 0.6) is 0 Å². The zero-order valence-corrected chi connectivity index (χ0v) is 18.1. The predicted octanol–water partition coefficient (Wildman–Crippen LogP) is 1.80. The molecule has 4 rings (SSSR count). The van der Waals surface area contributed by atoms with Crippen LogP contribution in [-0.4, -0.2) is 55.1 Å². The van der Waals surface area contributed by atoms with Crippen LogP contribution < -0.4 is 11.1 Å². The molecule has 1 unspecified atom stereocenters. The van der Waals surface area contributed by atoms with Crippen LogP contribution in [0.1, 0.15) is 5.56 Å². The first-order valence-corrected chi connectivity index (χ1v) is 11.8. The van der Waals surface area contributed by atoms with E-state index in [0.29, 0.717) is 28.3 Å². The van der Waals surface area contributed by atoms with Crippen LogP contribution >= 0.6 is 35.1 Å².